The number of hydrogen-bond donors (Lipinski definition) is 1. The lowest BCUT2D eigenvalue weighted by atomic mass is 9.34. The summed E-state index contributed by atoms with van der Waals surface area (Å²) < 4.78 is 0. The molecule has 7 atom stereocenters. The van der Waals surface area contributed by atoms with Gasteiger partial charge in [-0.25, -0.2) is 0 Å². The Labute approximate surface area is 228 Å². The number of rotatable bonds is 2. The van der Waals surface area contributed by atoms with Crippen LogP contribution >= 0.6 is 0 Å². The van der Waals surface area contributed by atoms with E-state index in [0.717, 1.165) is 50.5 Å². The van der Waals surface area contributed by atoms with E-state index in [1.807, 2.05) is 32.9 Å². The number of nitrogens with one attached hydrogen (secondary N) is 1. The average molecular weight is 519 g/mol. The van der Waals surface area contributed by atoms with Crippen molar-refractivity contribution in [1.29, 1.82) is 5.26 Å². The molecule has 0 aromatic heterocycles. The highest BCUT2D eigenvalue weighted by Gasteiger charge is 2.70. The van der Waals surface area contributed by atoms with Gasteiger partial charge in [-0.1, -0.05) is 60.1 Å². The van der Waals surface area contributed by atoms with Crippen LogP contribution in [-0.2, 0) is 14.4 Å². The number of carbonyl (C=O) groups is 3. The van der Waals surface area contributed by atoms with Gasteiger partial charge in [0, 0.05) is 23.3 Å². The van der Waals surface area contributed by atoms with Crippen LogP contribution in [0.2, 0.25) is 0 Å². The first kappa shape index (κ1) is 27.4. The molecule has 3 saturated carbocycles. The molecular weight excluding hydrogens is 472 g/mol. The maximum Gasteiger partial charge on any atom is 0.226 e. The maximum absolute atomic E-state index is 14.5. The highest BCUT2D eigenvalue weighted by atomic mass is 16.2. The summed E-state index contributed by atoms with van der Waals surface area (Å²) in [4.78, 5) is 41.4. The van der Waals surface area contributed by atoms with Crippen LogP contribution in [0.3, 0.4) is 0 Å². The number of nitriles is 1. The monoisotopic (exact) mass is 518 g/mol. The molecule has 0 aromatic carbocycles. The molecule has 206 valence electrons. The van der Waals surface area contributed by atoms with E-state index in [9.17, 15) is 19.6 Å². The van der Waals surface area contributed by atoms with Gasteiger partial charge in [-0.05, 0) is 86.0 Å². The van der Waals surface area contributed by atoms with Crippen LogP contribution in [-0.4, -0.2) is 24.0 Å². The predicted molar refractivity (Wildman–Crippen MR) is 148 cm³/mol. The van der Waals surface area contributed by atoms with Crippen molar-refractivity contribution in [1.82, 2.24) is 5.32 Å². The van der Waals surface area contributed by atoms with E-state index in [1.54, 1.807) is 0 Å². The molecule has 0 radical (unpaired) electrons. The van der Waals surface area contributed by atoms with E-state index in [4.69, 9.17) is 0 Å². The fourth-order valence-corrected chi connectivity index (χ4v) is 10.4. The van der Waals surface area contributed by atoms with Gasteiger partial charge in [-0.2, -0.15) is 5.26 Å². The lowest BCUT2D eigenvalue weighted by molar-refractivity contribution is -0.178. The maximum atomic E-state index is 14.5. The molecule has 5 aliphatic carbocycles. The molecule has 0 spiro atoms. The number of hydrogen-bond acceptors (Lipinski definition) is 4. The minimum atomic E-state index is -0.662. The molecule has 5 aliphatic rings. The summed E-state index contributed by atoms with van der Waals surface area (Å²) in [5, 5.41) is 13.0. The summed E-state index contributed by atoms with van der Waals surface area (Å²) >= 11 is 0. The lowest BCUT2D eigenvalue weighted by Gasteiger charge is -2.69. The minimum absolute atomic E-state index is 0.0128. The summed E-state index contributed by atoms with van der Waals surface area (Å²) in [7, 11) is 0. The molecule has 38 heavy (non-hydrogen) atoms. The van der Waals surface area contributed by atoms with E-state index in [1.165, 1.54) is 0 Å². The molecule has 0 aromatic rings. The third kappa shape index (κ3) is 3.24. The number of amides is 1. The van der Waals surface area contributed by atoms with Crippen LogP contribution < -0.4 is 5.32 Å². The van der Waals surface area contributed by atoms with Crippen molar-refractivity contribution in [2.75, 3.05) is 6.54 Å². The van der Waals surface area contributed by atoms with Crippen molar-refractivity contribution in [3.05, 3.63) is 23.3 Å². The van der Waals surface area contributed by atoms with Crippen LogP contribution in [0.25, 0.3) is 0 Å². The van der Waals surface area contributed by atoms with Crippen molar-refractivity contribution < 1.29 is 14.4 Å². The molecule has 5 heteroatoms. The van der Waals surface area contributed by atoms with E-state index in [2.05, 4.69) is 46.0 Å². The number of allylic oxidation sites excluding steroid dienone is 4. The van der Waals surface area contributed by atoms with Gasteiger partial charge in [-0.3, -0.25) is 14.4 Å². The normalized spacial score (nSPS) is 44.8. The zero-order valence-corrected chi connectivity index (χ0v) is 24.7. The van der Waals surface area contributed by atoms with Crippen molar-refractivity contribution in [3.8, 4) is 6.07 Å². The van der Waals surface area contributed by atoms with Crippen molar-refractivity contribution in [2.24, 2.45) is 50.2 Å². The van der Waals surface area contributed by atoms with Crippen molar-refractivity contribution >= 4 is 17.5 Å². The first-order valence-electron chi connectivity index (χ1n) is 14.8. The van der Waals surface area contributed by atoms with Crippen molar-refractivity contribution in [3.63, 3.8) is 0 Å². The molecule has 0 aliphatic heterocycles. The Kier molecular flexibility index (Phi) is 5.87. The van der Waals surface area contributed by atoms with Crippen LogP contribution in [0.1, 0.15) is 100 Å². The number of nitrogens with zero attached hydrogens (tertiary/aromatic N) is 1. The Morgan fingerprint density at radius 3 is 2.32 bits per heavy atom. The Hall–Kier alpha value is -2.22. The third-order valence-electron chi connectivity index (χ3n) is 12.6. The van der Waals surface area contributed by atoms with Gasteiger partial charge in [0.2, 0.25) is 5.91 Å². The first-order valence-corrected chi connectivity index (χ1v) is 14.8. The van der Waals surface area contributed by atoms with Gasteiger partial charge in [0.1, 0.15) is 6.07 Å². The highest BCUT2D eigenvalue weighted by molar-refractivity contribution is 6.04. The summed E-state index contributed by atoms with van der Waals surface area (Å²) in [6.07, 6.45) is 9.99. The molecule has 0 unspecified atom stereocenters. The molecule has 1 amide bonds. The number of fused-ring (bicyclic) bond motifs is 7. The molecular formula is C33H46N2O3. The van der Waals surface area contributed by atoms with Crippen molar-refractivity contribution in [2.45, 2.75) is 100 Å². The highest BCUT2D eigenvalue weighted by Crippen LogP contribution is 2.74. The second kappa shape index (κ2) is 8.15. The number of Topliss-reactive ketones (excluding diaryl/α,β-unsaturated/α-hetero) is 1. The topological polar surface area (TPSA) is 87.0 Å². The molecule has 5 nitrogen and oxygen atoms in total. The summed E-state index contributed by atoms with van der Waals surface area (Å²) in [6, 6.07) is 2.18. The van der Waals surface area contributed by atoms with Gasteiger partial charge in [0.15, 0.2) is 11.6 Å². The van der Waals surface area contributed by atoms with Gasteiger partial charge in [-0.15, -0.1) is 0 Å². The molecule has 0 saturated heterocycles. The standard InChI is InChI=1S/C33H46N2O3/c1-9-35-27(38)33-14-12-28(2,3)18-21(33)25-22(36)16-24-30(6)17-20(19-34)26(37)29(4,5)23(30)10-11-31(24,7)32(25,8)13-15-33/h16-17,21,23,25H,9-15,18H2,1-8H3,(H,35,38)/t21-,23-,25-,30+,31-,32-,33-/m0/s1. The lowest BCUT2D eigenvalue weighted by Crippen LogP contribution is -2.66. The second-order valence-electron chi connectivity index (χ2n) is 15.3. The zero-order chi connectivity index (χ0) is 28.1. The zero-order valence-electron chi connectivity index (χ0n) is 24.7. The number of ketones is 2. The largest absolute Gasteiger partial charge is 0.356 e. The van der Waals surface area contributed by atoms with Gasteiger partial charge < -0.3 is 5.32 Å². The van der Waals surface area contributed by atoms with Crippen LogP contribution in [0.5, 0.6) is 0 Å². The summed E-state index contributed by atoms with van der Waals surface area (Å²) in [5.41, 5.74) is -0.788. The van der Waals surface area contributed by atoms with E-state index < -0.39 is 16.2 Å². The first-order chi connectivity index (χ1) is 17.5. The summed E-state index contributed by atoms with van der Waals surface area (Å²) in [6.45, 7) is 17.9. The van der Waals surface area contributed by atoms with Crippen LogP contribution in [0.15, 0.2) is 23.3 Å². The molecule has 0 bridgehead atoms. The second-order valence-corrected chi connectivity index (χ2v) is 15.3. The Morgan fingerprint density at radius 2 is 1.68 bits per heavy atom. The van der Waals surface area contributed by atoms with E-state index >= 15 is 0 Å². The SMILES string of the molecule is CCNC(=O)[C@]12CCC(C)(C)C[C@H]1[C@H]1C(=O)C=C3[C@]4(C)C=C(C#N)C(=O)C(C)(C)[C@@H]4CC[C@]3(C)[C@@]1(C)CC2. The van der Waals surface area contributed by atoms with E-state index in [0.29, 0.717) is 6.54 Å². The smallest absolute Gasteiger partial charge is 0.226 e. The molecule has 0 heterocycles. The molecule has 5 rings (SSSR count). The fraction of sp³-hybridized carbons (Fsp3) is 0.758. The Balaban J connectivity index is 1.69. The van der Waals surface area contributed by atoms with Crippen LogP contribution in [0.4, 0.5) is 0 Å². The fourth-order valence-electron chi connectivity index (χ4n) is 10.4. The summed E-state index contributed by atoms with van der Waals surface area (Å²) in [5.74, 6) is 0.0635. The minimum Gasteiger partial charge on any atom is -0.356 e. The van der Waals surface area contributed by atoms with Gasteiger partial charge in [0.25, 0.3) is 0 Å². The molecule has 3 fully saturated rings. The number of carbonyl (C=O) groups excluding carboxylic acids is 3. The van der Waals surface area contributed by atoms with Gasteiger partial charge >= 0.3 is 0 Å². The third-order valence-corrected chi connectivity index (χ3v) is 12.6. The Morgan fingerprint density at radius 1 is 1.03 bits per heavy atom. The molecule has 1 N–H and O–H groups in total. The van der Waals surface area contributed by atoms with Crippen LogP contribution in [0, 0.1) is 61.6 Å². The average Bonchev–Trinajstić information content (AvgIpc) is 2.82. The quantitative estimate of drug-likeness (QED) is 0.462. The van der Waals surface area contributed by atoms with E-state index in [-0.39, 0.29) is 57.0 Å². The Bertz CT molecular complexity index is 1220. The van der Waals surface area contributed by atoms with Gasteiger partial charge in [0.05, 0.1) is 11.0 Å². The predicted octanol–water partition coefficient (Wildman–Crippen LogP) is 6.34.